The van der Waals surface area contributed by atoms with Crippen molar-refractivity contribution in [1.82, 2.24) is 14.6 Å². The third-order valence-corrected chi connectivity index (χ3v) is 4.31. The number of aliphatic hydroxyl groups is 1. The Morgan fingerprint density at radius 2 is 1.90 bits per heavy atom. The van der Waals surface area contributed by atoms with Crippen LogP contribution >= 0.6 is 11.3 Å². The van der Waals surface area contributed by atoms with Crippen LogP contribution in [0.3, 0.4) is 0 Å². The lowest BCUT2D eigenvalue weighted by Gasteiger charge is -2.16. The molecule has 0 aliphatic heterocycles. The number of hydrogen-bond donors (Lipinski definition) is 1. The fourth-order valence-electron chi connectivity index (χ4n) is 2.41. The van der Waals surface area contributed by atoms with Crippen LogP contribution in [0.2, 0.25) is 0 Å². The number of benzene rings is 1. The molecule has 0 fully saturated rings. The fourth-order valence-corrected chi connectivity index (χ4v) is 3.36. The van der Waals surface area contributed by atoms with Crippen molar-refractivity contribution < 1.29 is 5.11 Å². The fraction of sp³-hybridized carbons (Fsp3) is 0.375. The minimum absolute atomic E-state index is 0.0394. The van der Waals surface area contributed by atoms with Gasteiger partial charge in [-0.25, -0.2) is 9.50 Å². The normalized spacial score (nSPS) is 12.2. The van der Waals surface area contributed by atoms with E-state index in [0.717, 1.165) is 27.8 Å². The maximum atomic E-state index is 9.67. The molecule has 0 unspecified atom stereocenters. The molecule has 3 rings (SSSR count). The van der Waals surface area contributed by atoms with E-state index in [2.05, 4.69) is 43.0 Å². The molecule has 4 nitrogen and oxygen atoms in total. The average Bonchev–Trinajstić information content (AvgIpc) is 2.95. The number of fused-ring (bicyclic) bond motifs is 1. The molecule has 1 aromatic carbocycles. The van der Waals surface area contributed by atoms with Gasteiger partial charge >= 0.3 is 0 Å². The van der Waals surface area contributed by atoms with Crippen LogP contribution in [0, 0.1) is 0 Å². The standard InChI is InChI=1S/C16H19N3OS/c1-16(2,3)14-12(10-20)19-15(17-14)21-13(18-19)9-11-7-5-4-6-8-11/h4-8,20H,9-10H2,1-3H3. The Hall–Kier alpha value is -1.72. The minimum Gasteiger partial charge on any atom is -0.390 e. The van der Waals surface area contributed by atoms with E-state index >= 15 is 0 Å². The van der Waals surface area contributed by atoms with Crippen molar-refractivity contribution in [2.75, 3.05) is 0 Å². The molecule has 2 aromatic heterocycles. The van der Waals surface area contributed by atoms with Gasteiger partial charge < -0.3 is 5.11 Å². The lowest BCUT2D eigenvalue weighted by atomic mass is 9.91. The second kappa shape index (κ2) is 5.24. The highest BCUT2D eigenvalue weighted by atomic mass is 32.1. The van der Waals surface area contributed by atoms with Gasteiger partial charge in [0.15, 0.2) is 0 Å². The summed E-state index contributed by atoms with van der Waals surface area (Å²) in [5.41, 5.74) is 2.87. The van der Waals surface area contributed by atoms with Crippen LogP contribution in [0.5, 0.6) is 0 Å². The van der Waals surface area contributed by atoms with Gasteiger partial charge in [0, 0.05) is 11.8 Å². The van der Waals surface area contributed by atoms with Gasteiger partial charge in [-0.15, -0.1) is 0 Å². The van der Waals surface area contributed by atoms with Crippen molar-refractivity contribution in [2.45, 2.75) is 39.2 Å². The van der Waals surface area contributed by atoms with Crippen LogP contribution in [0.25, 0.3) is 4.96 Å². The quantitative estimate of drug-likeness (QED) is 0.808. The number of aromatic nitrogens is 3. The Balaban J connectivity index is 2.00. The molecule has 0 amide bonds. The van der Waals surface area contributed by atoms with Gasteiger partial charge in [0.05, 0.1) is 18.0 Å². The first-order valence-corrected chi connectivity index (χ1v) is 7.83. The van der Waals surface area contributed by atoms with E-state index in [-0.39, 0.29) is 12.0 Å². The average molecular weight is 301 g/mol. The van der Waals surface area contributed by atoms with Crippen LogP contribution in [0.1, 0.15) is 42.7 Å². The highest BCUT2D eigenvalue weighted by molar-refractivity contribution is 7.16. The van der Waals surface area contributed by atoms with Gasteiger partial charge in [0.1, 0.15) is 5.01 Å². The lowest BCUT2D eigenvalue weighted by Crippen LogP contribution is -2.15. The van der Waals surface area contributed by atoms with Crippen molar-refractivity contribution in [3.8, 4) is 0 Å². The Morgan fingerprint density at radius 1 is 1.19 bits per heavy atom. The molecule has 0 saturated carbocycles. The summed E-state index contributed by atoms with van der Waals surface area (Å²) in [6, 6.07) is 10.3. The second-order valence-electron chi connectivity index (χ2n) is 6.17. The molecule has 1 N–H and O–H groups in total. The molecule has 110 valence electrons. The summed E-state index contributed by atoms with van der Waals surface area (Å²) in [6.07, 6.45) is 0.796. The van der Waals surface area contributed by atoms with Crippen LogP contribution in [-0.4, -0.2) is 19.7 Å². The molecule has 0 aliphatic rings. The maximum absolute atomic E-state index is 9.67. The van der Waals surface area contributed by atoms with E-state index in [4.69, 9.17) is 0 Å². The smallest absolute Gasteiger partial charge is 0.212 e. The Morgan fingerprint density at radius 3 is 2.52 bits per heavy atom. The zero-order valence-corrected chi connectivity index (χ0v) is 13.3. The van der Waals surface area contributed by atoms with Crippen molar-refractivity contribution in [3.63, 3.8) is 0 Å². The van der Waals surface area contributed by atoms with E-state index in [1.54, 1.807) is 15.9 Å². The Kier molecular flexibility index (Phi) is 3.55. The number of hydrogen-bond acceptors (Lipinski definition) is 4. The summed E-state index contributed by atoms with van der Waals surface area (Å²) >= 11 is 1.59. The van der Waals surface area contributed by atoms with Crippen molar-refractivity contribution >= 4 is 16.3 Å². The van der Waals surface area contributed by atoms with Crippen molar-refractivity contribution in [1.29, 1.82) is 0 Å². The van der Waals surface area contributed by atoms with Crippen molar-refractivity contribution in [3.05, 3.63) is 52.3 Å². The molecule has 0 spiro atoms. The van der Waals surface area contributed by atoms with Gasteiger partial charge in [-0.1, -0.05) is 62.4 Å². The predicted octanol–water partition coefficient (Wildman–Crippen LogP) is 3.17. The number of aliphatic hydroxyl groups excluding tert-OH is 1. The minimum atomic E-state index is -0.0922. The van der Waals surface area contributed by atoms with Crippen LogP contribution in [-0.2, 0) is 18.4 Å². The molecule has 0 aliphatic carbocycles. The van der Waals surface area contributed by atoms with Crippen LogP contribution < -0.4 is 0 Å². The first kappa shape index (κ1) is 14.2. The number of nitrogens with zero attached hydrogens (tertiary/aromatic N) is 3. The van der Waals surface area contributed by atoms with Crippen molar-refractivity contribution in [2.24, 2.45) is 0 Å². The number of rotatable bonds is 3. The van der Waals surface area contributed by atoms with Crippen LogP contribution in [0.4, 0.5) is 0 Å². The third-order valence-electron chi connectivity index (χ3n) is 3.40. The van der Waals surface area contributed by atoms with E-state index in [9.17, 15) is 5.11 Å². The SMILES string of the molecule is CC(C)(C)c1nc2sc(Cc3ccccc3)nn2c1CO. The summed E-state index contributed by atoms with van der Waals surface area (Å²) in [7, 11) is 0. The molecular formula is C16H19N3OS. The van der Waals surface area contributed by atoms with Crippen LogP contribution in [0.15, 0.2) is 30.3 Å². The summed E-state index contributed by atoms with van der Waals surface area (Å²) in [4.78, 5) is 5.53. The highest BCUT2D eigenvalue weighted by Gasteiger charge is 2.25. The summed E-state index contributed by atoms with van der Waals surface area (Å²) < 4.78 is 1.80. The second-order valence-corrected chi connectivity index (χ2v) is 7.21. The predicted molar refractivity (Wildman–Crippen MR) is 84.7 cm³/mol. The van der Waals surface area contributed by atoms with Gasteiger partial charge in [0.2, 0.25) is 4.96 Å². The van der Waals surface area contributed by atoms with Gasteiger partial charge in [-0.2, -0.15) is 5.10 Å². The summed E-state index contributed by atoms with van der Waals surface area (Å²) in [5, 5.41) is 15.3. The monoisotopic (exact) mass is 301 g/mol. The zero-order chi connectivity index (χ0) is 15.0. The molecule has 0 atom stereocenters. The van der Waals surface area contributed by atoms with E-state index in [0.29, 0.717) is 0 Å². The molecular weight excluding hydrogens is 282 g/mol. The maximum Gasteiger partial charge on any atom is 0.212 e. The Bertz CT molecular complexity index is 753. The summed E-state index contributed by atoms with van der Waals surface area (Å²) in [6.45, 7) is 6.26. The third kappa shape index (κ3) is 2.71. The zero-order valence-electron chi connectivity index (χ0n) is 12.5. The molecule has 0 saturated heterocycles. The van der Waals surface area contributed by atoms with E-state index in [1.165, 1.54) is 5.56 Å². The molecule has 5 heteroatoms. The first-order chi connectivity index (χ1) is 9.99. The topological polar surface area (TPSA) is 50.4 Å². The van der Waals surface area contributed by atoms with Gasteiger partial charge in [0.25, 0.3) is 0 Å². The van der Waals surface area contributed by atoms with Gasteiger partial charge in [-0.3, -0.25) is 0 Å². The van der Waals surface area contributed by atoms with E-state index in [1.807, 2.05) is 18.2 Å². The lowest BCUT2D eigenvalue weighted by molar-refractivity contribution is 0.270. The molecule has 2 heterocycles. The molecule has 0 bridgehead atoms. The molecule has 3 aromatic rings. The highest BCUT2D eigenvalue weighted by Crippen LogP contribution is 2.28. The summed E-state index contributed by atoms with van der Waals surface area (Å²) in [5.74, 6) is 0. The molecule has 0 radical (unpaired) electrons. The van der Waals surface area contributed by atoms with E-state index < -0.39 is 0 Å². The van der Waals surface area contributed by atoms with Gasteiger partial charge in [-0.05, 0) is 5.56 Å². The first-order valence-electron chi connectivity index (χ1n) is 7.01. The largest absolute Gasteiger partial charge is 0.390 e. The molecule has 21 heavy (non-hydrogen) atoms. The Labute approximate surface area is 128 Å². The number of imidazole rings is 1.